The van der Waals surface area contributed by atoms with E-state index in [0.29, 0.717) is 24.5 Å². The predicted molar refractivity (Wildman–Crippen MR) is 118 cm³/mol. The zero-order chi connectivity index (χ0) is 22.5. The van der Waals surface area contributed by atoms with Crippen LogP contribution in [0.25, 0.3) is 11.3 Å². The summed E-state index contributed by atoms with van der Waals surface area (Å²) in [7, 11) is 1.45. The topological polar surface area (TPSA) is 123 Å². The number of piperidine rings is 1. The third-order valence-corrected chi connectivity index (χ3v) is 5.38. The third-order valence-electron chi connectivity index (χ3n) is 5.38. The van der Waals surface area contributed by atoms with E-state index in [-0.39, 0.29) is 23.2 Å². The van der Waals surface area contributed by atoms with Crippen LogP contribution in [0.15, 0.2) is 54.9 Å². The van der Waals surface area contributed by atoms with E-state index in [1.165, 1.54) is 25.3 Å². The minimum atomic E-state index is -0.509. The number of carbonyl (C=O) groups excluding carboxylic acids is 1. The van der Waals surface area contributed by atoms with Gasteiger partial charge < -0.3 is 15.0 Å². The van der Waals surface area contributed by atoms with Gasteiger partial charge in [0.05, 0.1) is 29.3 Å². The highest BCUT2D eigenvalue weighted by Gasteiger charge is 2.28. The summed E-state index contributed by atoms with van der Waals surface area (Å²) in [6.45, 7) is 1.24. The minimum Gasteiger partial charge on any atom is -0.495 e. The van der Waals surface area contributed by atoms with Crippen LogP contribution in [0.2, 0.25) is 0 Å². The summed E-state index contributed by atoms with van der Waals surface area (Å²) in [5.74, 6) is 0.553. The number of methoxy groups -OCH3 is 1. The first-order valence-electron chi connectivity index (χ1n) is 10.2. The number of benzene rings is 1. The summed E-state index contributed by atoms with van der Waals surface area (Å²) >= 11 is 0. The number of non-ortho nitro benzene ring substituents is 1. The number of nitrogens with zero attached hydrogens (tertiary/aromatic N) is 5. The highest BCUT2D eigenvalue weighted by molar-refractivity contribution is 5.94. The minimum absolute atomic E-state index is 0.115. The number of ether oxygens (including phenoxy) is 1. The van der Waals surface area contributed by atoms with Crippen molar-refractivity contribution in [1.29, 1.82) is 0 Å². The lowest BCUT2D eigenvalue weighted by atomic mass is 9.97. The SMILES string of the molecule is COc1ccc([N+](=O)[O-])cc1NC(=O)C1CCCN(c2ccc(-c3cccnc3)nn2)C1. The van der Waals surface area contributed by atoms with Crippen LogP contribution in [0, 0.1) is 16.0 Å². The van der Waals surface area contributed by atoms with E-state index >= 15 is 0 Å². The summed E-state index contributed by atoms with van der Waals surface area (Å²) in [4.78, 5) is 29.6. The molecule has 2 aromatic heterocycles. The van der Waals surface area contributed by atoms with E-state index in [4.69, 9.17) is 4.74 Å². The molecule has 4 rings (SSSR count). The van der Waals surface area contributed by atoms with Crippen molar-refractivity contribution in [3.8, 4) is 17.0 Å². The fourth-order valence-electron chi connectivity index (χ4n) is 3.70. The van der Waals surface area contributed by atoms with Gasteiger partial charge in [0.1, 0.15) is 5.75 Å². The molecule has 10 heteroatoms. The molecule has 164 valence electrons. The predicted octanol–water partition coefficient (Wildman–Crippen LogP) is 3.31. The molecule has 1 unspecified atom stereocenters. The van der Waals surface area contributed by atoms with Crippen molar-refractivity contribution in [2.45, 2.75) is 12.8 Å². The van der Waals surface area contributed by atoms with Gasteiger partial charge >= 0.3 is 0 Å². The molecular weight excluding hydrogens is 412 g/mol. The number of hydrogen-bond acceptors (Lipinski definition) is 8. The van der Waals surface area contributed by atoms with Crippen LogP contribution in [-0.2, 0) is 4.79 Å². The molecule has 3 heterocycles. The maximum absolute atomic E-state index is 12.9. The van der Waals surface area contributed by atoms with Gasteiger partial charge in [-0.2, -0.15) is 0 Å². The second-order valence-electron chi connectivity index (χ2n) is 7.43. The van der Waals surface area contributed by atoms with E-state index in [2.05, 4.69) is 20.5 Å². The van der Waals surface area contributed by atoms with Crippen LogP contribution >= 0.6 is 0 Å². The number of nitrogens with one attached hydrogen (secondary N) is 1. The molecule has 0 bridgehead atoms. The number of hydrogen-bond donors (Lipinski definition) is 1. The molecule has 1 atom stereocenters. The fraction of sp³-hybridized carbons (Fsp3) is 0.273. The molecule has 0 saturated carbocycles. The highest BCUT2D eigenvalue weighted by Crippen LogP contribution is 2.30. The summed E-state index contributed by atoms with van der Waals surface area (Å²) in [6.07, 6.45) is 4.96. The quantitative estimate of drug-likeness (QED) is 0.463. The molecule has 1 amide bonds. The average molecular weight is 434 g/mol. The van der Waals surface area contributed by atoms with Gasteiger partial charge in [0.2, 0.25) is 5.91 Å². The van der Waals surface area contributed by atoms with Gasteiger partial charge in [0, 0.05) is 43.2 Å². The van der Waals surface area contributed by atoms with E-state index in [1.807, 2.05) is 29.2 Å². The Morgan fingerprint density at radius 1 is 1.25 bits per heavy atom. The number of anilines is 2. The zero-order valence-electron chi connectivity index (χ0n) is 17.5. The molecular formula is C22H22N6O4. The maximum Gasteiger partial charge on any atom is 0.271 e. The highest BCUT2D eigenvalue weighted by atomic mass is 16.6. The number of nitro groups is 1. The number of amides is 1. The van der Waals surface area contributed by atoms with Crippen molar-refractivity contribution < 1.29 is 14.5 Å². The molecule has 0 aliphatic carbocycles. The molecule has 1 aromatic carbocycles. The van der Waals surface area contributed by atoms with Crippen molar-refractivity contribution in [3.63, 3.8) is 0 Å². The summed E-state index contributed by atoms with van der Waals surface area (Å²) in [6, 6.07) is 11.6. The maximum atomic E-state index is 12.9. The van der Waals surface area contributed by atoms with Crippen LogP contribution in [0.4, 0.5) is 17.2 Å². The summed E-state index contributed by atoms with van der Waals surface area (Å²) in [5, 5.41) is 22.5. The monoisotopic (exact) mass is 434 g/mol. The van der Waals surface area contributed by atoms with Crippen LogP contribution in [-0.4, -0.2) is 46.2 Å². The summed E-state index contributed by atoms with van der Waals surface area (Å²) in [5.41, 5.74) is 1.78. The standard InChI is InChI=1S/C22H22N6O4/c1-32-20-8-6-17(28(30)31)12-19(20)24-22(29)16-5-3-11-27(14-16)21-9-7-18(25-26-21)15-4-2-10-23-13-15/h2,4,6-10,12-13,16H,3,5,11,14H2,1H3,(H,24,29). The van der Waals surface area contributed by atoms with E-state index in [0.717, 1.165) is 24.2 Å². The molecule has 32 heavy (non-hydrogen) atoms. The van der Waals surface area contributed by atoms with Gasteiger partial charge in [-0.05, 0) is 43.2 Å². The smallest absolute Gasteiger partial charge is 0.271 e. The molecule has 1 fully saturated rings. The third kappa shape index (κ3) is 4.64. The van der Waals surface area contributed by atoms with E-state index in [1.54, 1.807) is 12.4 Å². The number of nitro benzene ring substituents is 1. The van der Waals surface area contributed by atoms with Gasteiger partial charge in [-0.1, -0.05) is 0 Å². The van der Waals surface area contributed by atoms with Crippen molar-refractivity contribution in [2.24, 2.45) is 5.92 Å². The van der Waals surface area contributed by atoms with Gasteiger partial charge in [-0.25, -0.2) is 0 Å². The van der Waals surface area contributed by atoms with Crippen molar-refractivity contribution in [1.82, 2.24) is 15.2 Å². The van der Waals surface area contributed by atoms with Crippen LogP contribution in [0.1, 0.15) is 12.8 Å². The van der Waals surface area contributed by atoms with Crippen LogP contribution in [0.3, 0.4) is 0 Å². The van der Waals surface area contributed by atoms with Crippen molar-refractivity contribution in [2.75, 3.05) is 30.4 Å². The molecule has 0 spiro atoms. The van der Waals surface area contributed by atoms with Crippen molar-refractivity contribution in [3.05, 3.63) is 65.0 Å². The molecule has 1 aliphatic rings. The Morgan fingerprint density at radius 2 is 2.12 bits per heavy atom. The largest absolute Gasteiger partial charge is 0.495 e. The van der Waals surface area contributed by atoms with E-state index in [9.17, 15) is 14.9 Å². The molecule has 1 aliphatic heterocycles. The zero-order valence-corrected chi connectivity index (χ0v) is 17.5. The average Bonchev–Trinajstić information content (AvgIpc) is 2.84. The molecule has 0 radical (unpaired) electrons. The van der Waals surface area contributed by atoms with Gasteiger partial charge in [-0.3, -0.25) is 19.9 Å². The Kier molecular flexibility index (Phi) is 6.20. The second-order valence-corrected chi connectivity index (χ2v) is 7.43. The number of pyridine rings is 1. The lowest BCUT2D eigenvalue weighted by Gasteiger charge is -2.32. The van der Waals surface area contributed by atoms with Gasteiger partial charge in [0.25, 0.3) is 5.69 Å². The Labute approximate surface area is 184 Å². The second kappa shape index (κ2) is 9.38. The molecule has 10 nitrogen and oxygen atoms in total. The fourth-order valence-corrected chi connectivity index (χ4v) is 3.70. The van der Waals surface area contributed by atoms with Gasteiger partial charge in [0.15, 0.2) is 5.82 Å². The first kappa shape index (κ1) is 21.2. The Balaban J connectivity index is 1.45. The Hall–Kier alpha value is -4.08. The molecule has 1 saturated heterocycles. The van der Waals surface area contributed by atoms with Crippen LogP contribution < -0.4 is 15.0 Å². The van der Waals surface area contributed by atoms with Crippen LogP contribution in [0.5, 0.6) is 5.75 Å². The Morgan fingerprint density at radius 3 is 2.81 bits per heavy atom. The summed E-state index contributed by atoms with van der Waals surface area (Å²) < 4.78 is 5.24. The first-order chi connectivity index (χ1) is 15.5. The van der Waals surface area contributed by atoms with Gasteiger partial charge in [-0.15, -0.1) is 10.2 Å². The first-order valence-corrected chi connectivity index (χ1v) is 10.2. The number of rotatable bonds is 6. The Bertz CT molecular complexity index is 1110. The number of carbonyl (C=O) groups is 1. The number of aromatic nitrogens is 3. The van der Waals surface area contributed by atoms with Crippen molar-refractivity contribution >= 4 is 23.1 Å². The lowest BCUT2D eigenvalue weighted by molar-refractivity contribution is -0.384. The normalized spacial score (nSPS) is 15.8. The molecule has 1 N–H and O–H groups in total. The molecule has 3 aromatic rings. The lowest BCUT2D eigenvalue weighted by Crippen LogP contribution is -2.41. The van der Waals surface area contributed by atoms with E-state index < -0.39 is 4.92 Å².